The molecule has 0 bridgehead atoms. The van der Waals surface area contributed by atoms with Crippen LogP contribution >= 0.6 is 0 Å². The Kier molecular flexibility index (Phi) is 8.94. The standard InChI is InChI=1S/C30H35F6N3O3/c1-37(10-9-20-15-22(29(31,32)33)18-23(16-20)30(34,35)36)28(40)27(21-7-8-25-26(17-21)42-19-41-25)39-13-11-38(12-14-39)24-5-3-2-4-6-24/h7-8,15-18,24,27H,2-6,9-14,19H2,1H3. The molecule has 6 nitrogen and oxygen atoms in total. The molecule has 2 heterocycles. The molecule has 0 N–H and O–H groups in total. The van der Waals surface area contributed by atoms with Crippen LogP contribution in [0.2, 0.25) is 0 Å². The molecule has 1 amide bonds. The minimum Gasteiger partial charge on any atom is -0.454 e. The molecule has 2 fully saturated rings. The Labute approximate surface area is 241 Å². The Morgan fingerprint density at radius 2 is 1.50 bits per heavy atom. The fourth-order valence-electron chi connectivity index (χ4n) is 6.18. The van der Waals surface area contributed by atoms with Gasteiger partial charge in [-0.3, -0.25) is 14.6 Å². The number of nitrogens with zero attached hydrogens (tertiary/aromatic N) is 3. The molecule has 1 aliphatic carbocycles. The molecule has 1 saturated carbocycles. The van der Waals surface area contributed by atoms with Gasteiger partial charge in [0.25, 0.3) is 0 Å². The van der Waals surface area contributed by atoms with Crippen molar-refractivity contribution >= 4 is 5.91 Å². The van der Waals surface area contributed by atoms with E-state index < -0.39 is 29.5 Å². The van der Waals surface area contributed by atoms with E-state index in [-0.39, 0.29) is 37.3 Å². The number of likely N-dealkylation sites (N-methyl/N-ethyl adjacent to an activating group) is 1. The van der Waals surface area contributed by atoms with E-state index in [1.54, 1.807) is 18.2 Å². The van der Waals surface area contributed by atoms with Crippen LogP contribution in [-0.4, -0.2) is 73.2 Å². The van der Waals surface area contributed by atoms with Gasteiger partial charge in [0.05, 0.1) is 11.1 Å². The Bertz CT molecular complexity index is 1220. The van der Waals surface area contributed by atoms with Crippen molar-refractivity contribution in [2.24, 2.45) is 0 Å². The summed E-state index contributed by atoms with van der Waals surface area (Å²) >= 11 is 0. The molecule has 0 radical (unpaired) electrons. The number of benzene rings is 2. The number of ether oxygens (including phenoxy) is 2. The fraction of sp³-hybridized carbons (Fsp3) is 0.567. The zero-order valence-corrected chi connectivity index (χ0v) is 23.4. The van der Waals surface area contributed by atoms with Gasteiger partial charge in [-0.15, -0.1) is 0 Å². The monoisotopic (exact) mass is 599 g/mol. The molecular formula is C30H35F6N3O3. The molecule has 12 heteroatoms. The van der Waals surface area contributed by atoms with E-state index >= 15 is 0 Å². The lowest BCUT2D eigenvalue weighted by Crippen LogP contribution is -2.54. The number of hydrogen-bond donors (Lipinski definition) is 0. The van der Waals surface area contributed by atoms with Crippen molar-refractivity contribution in [2.45, 2.75) is 63.0 Å². The number of halogens is 6. The third kappa shape index (κ3) is 6.96. The van der Waals surface area contributed by atoms with Crippen molar-refractivity contribution in [3.05, 3.63) is 58.7 Å². The molecule has 0 aromatic heterocycles. The number of piperazine rings is 1. The minimum absolute atomic E-state index is 0.0550. The van der Waals surface area contributed by atoms with Gasteiger partial charge in [0.2, 0.25) is 12.7 Å². The molecule has 1 unspecified atom stereocenters. The maximum absolute atomic E-state index is 13.9. The zero-order chi connectivity index (χ0) is 30.1. The molecule has 2 aliphatic heterocycles. The van der Waals surface area contributed by atoms with Gasteiger partial charge in [-0.05, 0) is 60.7 Å². The fourth-order valence-corrected chi connectivity index (χ4v) is 6.18. The van der Waals surface area contributed by atoms with E-state index in [0.29, 0.717) is 48.3 Å². The van der Waals surface area contributed by atoms with Gasteiger partial charge in [0, 0.05) is 45.8 Å². The Morgan fingerprint density at radius 3 is 2.12 bits per heavy atom. The summed E-state index contributed by atoms with van der Waals surface area (Å²) in [4.78, 5) is 19.9. The summed E-state index contributed by atoms with van der Waals surface area (Å²) in [5, 5.41) is 0. The smallest absolute Gasteiger partial charge is 0.416 e. The maximum Gasteiger partial charge on any atom is 0.416 e. The van der Waals surface area contributed by atoms with Crippen LogP contribution in [0, 0.1) is 0 Å². The van der Waals surface area contributed by atoms with E-state index in [1.165, 1.54) is 44.1 Å². The molecule has 230 valence electrons. The van der Waals surface area contributed by atoms with Gasteiger partial charge in [-0.1, -0.05) is 25.3 Å². The topological polar surface area (TPSA) is 45.3 Å². The number of fused-ring (bicyclic) bond motifs is 1. The number of amides is 1. The predicted octanol–water partition coefficient (Wildman–Crippen LogP) is 6.15. The van der Waals surface area contributed by atoms with Gasteiger partial charge in [0.1, 0.15) is 6.04 Å². The van der Waals surface area contributed by atoms with Crippen LogP contribution in [-0.2, 0) is 23.6 Å². The first-order chi connectivity index (χ1) is 19.9. The van der Waals surface area contributed by atoms with Crippen LogP contribution in [0.1, 0.15) is 60.4 Å². The van der Waals surface area contributed by atoms with E-state index in [4.69, 9.17) is 9.47 Å². The molecule has 2 aromatic rings. The van der Waals surface area contributed by atoms with Crippen molar-refractivity contribution in [1.29, 1.82) is 0 Å². The van der Waals surface area contributed by atoms with Crippen molar-refractivity contribution in [3.8, 4) is 11.5 Å². The summed E-state index contributed by atoms with van der Waals surface area (Å²) in [5.74, 6) is 0.811. The SMILES string of the molecule is CN(CCc1cc(C(F)(F)F)cc(C(F)(F)F)c1)C(=O)C(c1ccc2c(c1)OCO2)N1CCN(C2CCCCC2)CC1. The van der Waals surface area contributed by atoms with Gasteiger partial charge >= 0.3 is 12.4 Å². The second kappa shape index (κ2) is 12.3. The zero-order valence-electron chi connectivity index (χ0n) is 23.4. The molecule has 1 saturated heterocycles. The third-order valence-electron chi connectivity index (χ3n) is 8.51. The number of rotatable bonds is 7. The van der Waals surface area contributed by atoms with Gasteiger partial charge in [-0.2, -0.15) is 26.3 Å². The summed E-state index contributed by atoms with van der Waals surface area (Å²) in [5.41, 5.74) is -2.18. The number of hydrogen-bond acceptors (Lipinski definition) is 5. The van der Waals surface area contributed by atoms with Crippen molar-refractivity contribution in [3.63, 3.8) is 0 Å². The molecular weight excluding hydrogens is 564 g/mol. The lowest BCUT2D eigenvalue weighted by Gasteiger charge is -2.43. The first-order valence-corrected chi connectivity index (χ1v) is 14.3. The summed E-state index contributed by atoms with van der Waals surface area (Å²) in [7, 11) is 1.53. The third-order valence-corrected chi connectivity index (χ3v) is 8.51. The Morgan fingerprint density at radius 1 is 0.881 bits per heavy atom. The van der Waals surface area contributed by atoms with E-state index in [9.17, 15) is 31.1 Å². The van der Waals surface area contributed by atoms with Crippen molar-refractivity contribution < 1.29 is 40.6 Å². The summed E-state index contributed by atoms with van der Waals surface area (Å²) < 4.78 is 91.0. The lowest BCUT2D eigenvalue weighted by molar-refractivity contribution is -0.143. The summed E-state index contributed by atoms with van der Waals surface area (Å²) in [6.45, 7) is 2.95. The van der Waals surface area contributed by atoms with E-state index in [0.717, 1.165) is 13.1 Å². The highest BCUT2D eigenvalue weighted by molar-refractivity contribution is 5.83. The highest BCUT2D eigenvalue weighted by Gasteiger charge is 2.38. The second-order valence-corrected chi connectivity index (χ2v) is 11.3. The van der Waals surface area contributed by atoms with Gasteiger partial charge < -0.3 is 14.4 Å². The van der Waals surface area contributed by atoms with Crippen LogP contribution in [0.4, 0.5) is 26.3 Å². The normalized spacial score (nSPS) is 19.6. The second-order valence-electron chi connectivity index (χ2n) is 11.3. The van der Waals surface area contributed by atoms with Crippen LogP contribution in [0.25, 0.3) is 0 Å². The lowest BCUT2D eigenvalue weighted by atomic mass is 9.93. The number of carbonyl (C=O) groups is 1. The largest absolute Gasteiger partial charge is 0.454 e. The highest BCUT2D eigenvalue weighted by atomic mass is 19.4. The van der Waals surface area contributed by atoms with Gasteiger partial charge in [0.15, 0.2) is 11.5 Å². The molecule has 2 aromatic carbocycles. The van der Waals surface area contributed by atoms with Crippen LogP contribution in [0.3, 0.4) is 0 Å². The van der Waals surface area contributed by atoms with Crippen molar-refractivity contribution in [2.75, 3.05) is 46.6 Å². The minimum atomic E-state index is -4.93. The Balaban J connectivity index is 1.33. The van der Waals surface area contributed by atoms with Crippen molar-refractivity contribution in [1.82, 2.24) is 14.7 Å². The molecule has 42 heavy (non-hydrogen) atoms. The number of alkyl halides is 6. The summed E-state index contributed by atoms with van der Waals surface area (Å²) in [6, 6.07) is 6.73. The Hall–Kier alpha value is -2.99. The summed E-state index contributed by atoms with van der Waals surface area (Å²) in [6.07, 6.45) is -3.95. The van der Waals surface area contributed by atoms with Gasteiger partial charge in [-0.25, -0.2) is 0 Å². The van der Waals surface area contributed by atoms with Crippen LogP contribution < -0.4 is 9.47 Å². The van der Waals surface area contributed by atoms with E-state index in [1.807, 2.05) is 0 Å². The highest BCUT2D eigenvalue weighted by Crippen LogP contribution is 2.38. The first-order valence-electron chi connectivity index (χ1n) is 14.3. The first kappa shape index (κ1) is 30.5. The quantitative estimate of drug-likeness (QED) is 0.358. The molecule has 3 aliphatic rings. The van der Waals surface area contributed by atoms with Crippen LogP contribution in [0.15, 0.2) is 36.4 Å². The average Bonchev–Trinajstić information content (AvgIpc) is 3.44. The maximum atomic E-state index is 13.9. The molecule has 5 rings (SSSR count). The molecule has 0 spiro atoms. The molecule has 1 atom stereocenters. The van der Waals surface area contributed by atoms with E-state index in [2.05, 4.69) is 9.80 Å². The average molecular weight is 600 g/mol. The number of carbonyl (C=O) groups excluding carboxylic acids is 1. The van der Waals surface area contributed by atoms with Crippen LogP contribution in [0.5, 0.6) is 11.5 Å². The predicted molar refractivity (Wildman–Crippen MR) is 143 cm³/mol.